The van der Waals surface area contributed by atoms with E-state index in [1.54, 1.807) is 7.11 Å². The van der Waals surface area contributed by atoms with Crippen molar-refractivity contribution >= 4 is 0 Å². The molecule has 0 spiro atoms. The van der Waals surface area contributed by atoms with Crippen LogP contribution >= 0.6 is 0 Å². The minimum Gasteiger partial charge on any atom is -0.491 e. The first-order valence-electron chi connectivity index (χ1n) is 6.08. The highest BCUT2D eigenvalue weighted by atomic mass is 16.5. The first-order chi connectivity index (χ1) is 8.15. The number of methoxy groups -OCH3 is 1. The highest BCUT2D eigenvalue weighted by Crippen LogP contribution is 2.23. The number of rotatable bonds is 7. The Morgan fingerprint density at radius 1 is 1.24 bits per heavy atom. The van der Waals surface area contributed by atoms with Crippen LogP contribution in [0.1, 0.15) is 25.0 Å². The Balaban J connectivity index is 2.69. The molecular weight excluding hydrogens is 214 g/mol. The van der Waals surface area contributed by atoms with Crippen LogP contribution in [0.2, 0.25) is 0 Å². The fourth-order valence-electron chi connectivity index (χ4n) is 1.60. The van der Waals surface area contributed by atoms with E-state index >= 15 is 0 Å². The van der Waals surface area contributed by atoms with Crippen LogP contribution in [0.15, 0.2) is 18.2 Å². The van der Waals surface area contributed by atoms with Gasteiger partial charge in [0.2, 0.25) is 0 Å². The van der Waals surface area contributed by atoms with E-state index in [1.165, 1.54) is 11.1 Å². The Bertz CT molecular complexity index is 337. The van der Waals surface area contributed by atoms with Crippen molar-refractivity contribution < 1.29 is 9.47 Å². The van der Waals surface area contributed by atoms with Gasteiger partial charge in [-0.05, 0) is 12.5 Å². The molecule has 17 heavy (non-hydrogen) atoms. The van der Waals surface area contributed by atoms with Crippen molar-refractivity contribution in [3.8, 4) is 5.75 Å². The molecule has 0 saturated carbocycles. The van der Waals surface area contributed by atoms with Gasteiger partial charge in [-0.2, -0.15) is 0 Å². The summed E-state index contributed by atoms with van der Waals surface area (Å²) in [7, 11) is 1.68. The average molecular weight is 237 g/mol. The van der Waals surface area contributed by atoms with E-state index in [2.05, 4.69) is 44.3 Å². The molecule has 0 bridgehead atoms. The topological polar surface area (TPSA) is 30.5 Å². The molecule has 1 N–H and O–H groups in total. The van der Waals surface area contributed by atoms with Crippen LogP contribution in [0.25, 0.3) is 0 Å². The first-order valence-corrected chi connectivity index (χ1v) is 6.08. The Hall–Kier alpha value is -1.06. The number of benzene rings is 1. The molecule has 1 rings (SSSR count). The van der Waals surface area contributed by atoms with Gasteiger partial charge >= 0.3 is 0 Å². The maximum atomic E-state index is 5.78. The predicted molar refractivity (Wildman–Crippen MR) is 70.5 cm³/mol. The monoisotopic (exact) mass is 237 g/mol. The summed E-state index contributed by atoms with van der Waals surface area (Å²) in [5.41, 5.74) is 2.37. The Kier molecular flexibility index (Phi) is 6.01. The molecule has 0 aliphatic carbocycles. The Labute approximate surface area is 104 Å². The summed E-state index contributed by atoms with van der Waals surface area (Å²) in [4.78, 5) is 0. The molecule has 1 aromatic rings. The highest BCUT2D eigenvalue weighted by Gasteiger charge is 2.07. The molecule has 0 fully saturated rings. The van der Waals surface area contributed by atoms with Gasteiger partial charge in [-0.3, -0.25) is 0 Å². The van der Waals surface area contributed by atoms with Gasteiger partial charge in [0.15, 0.2) is 0 Å². The summed E-state index contributed by atoms with van der Waals surface area (Å²) < 4.78 is 10.8. The van der Waals surface area contributed by atoms with E-state index in [-0.39, 0.29) is 0 Å². The number of ether oxygens (including phenoxy) is 2. The second kappa shape index (κ2) is 7.30. The zero-order valence-electron chi connectivity index (χ0n) is 11.2. The quantitative estimate of drug-likeness (QED) is 0.739. The third kappa shape index (κ3) is 4.75. The lowest BCUT2D eigenvalue weighted by atomic mass is 10.1. The molecule has 0 aromatic heterocycles. The molecule has 0 heterocycles. The van der Waals surface area contributed by atoms with Crippen molar-refractivity contribution in [1.29, 1.82) is 0 Å². The van der Waals surface area contributed by atoms with E-state index in [0.29, 0.717) is 19.3 Å². The predicted octanol–water partition coefficient (Wildman–Crippen LogP) is 2.52. The molecule has 1 aromatic carbocycles. The minimum atomic E-state index is 0.474. The number of hydrogen-bond donors (Lipinski definition) is 1. The molecule has 0 amide bonds. The second-order valence-corrected chi connectivity index (χ2v) is 4.44. The normalized spacial score (nSPS) is 10.9. The summed E-state index contributed by atoms with van der Waals surface area (Å²) >= 11 is 0. The average Bonchev–Trinajstić information content (AvgIpc) is 2.29. The zero-order chi connectivity index (χ0) is 12.7. The van der Waals surface area contributed by atoms with Crippen LogP contribution in [0, 0.1) is 6.92 Å². The molecule has 0 saturated heterocycles. The van der Waals surface area contributed by atoms with Gasteiger partial charge < -0.3 is 14.8 Å². The second-order valence-electron chi connectivity index (χ2n) is 4.44. The van der Waals surface area contributed by atoms with Crippen LogP contribution in [0.5, 0.6) is 5.75 Å². The van der Waals surface area contributed by atoms with E-state index < -0.39 is 0 Å². The van der Waals surface area contributed by atoms with Crippen molar-refractivity contribution in [2.45, 2.75) is 33.4 Å². The van der Waals surface area contributed by atoms with Gasteiger partial charge in [0.25, 0.3) is 0 Å². The van der Waals surface area contributed by atoms with E-state index in [0.717, 1.165) is 12.3 Å². The van der Waals surface area contributed by atoms with E-state index in [1.807, 2.05) is 0 Å². The van der Waals surface area contributed by atoms with Crippen molar-refractivity contribution in [2.24, 2.45) is 0 Å². The van der Waals surface area contributed by atoms with Crippen molar-refractivity contribution in [3.05, 3.63) is 29.3 Å². The number of para-hydroxylation sites is 1. The Morgan fingerprint density at radius 2 is 2.00 bits per heavy atom. The van der Waals surface area contributed by atoms with Crippen molar-refractivity contribution in [3.63, 3.8) is 0 Å². The minimum absolute atomic E-state index is 0.474. The zero-order valence-corrected chi connectivity index (χ0v) is 11.2. The van der Waals surface area contributed by atoms with Gasteiger partial charge in [-0.25, -0.2) is 0 Å². The molecule has 3 heteroatoms. The summed E-state index contributed by atoms with van der Waals surface area (Å²) in [6.07, 6.45) is 0. The van der Waals surface area contributed by atoms with Gasteiger partial charge in [0.1, 0.15) is 12.4 Å². The van der Waals surface area contributed by atoms with Crippen LogP contribution in [0.4, 0.5) is 0 Å². The Morgan fingerprint density at radius 3 is 2.65 bits per heavy atom. The smallest absolute Gasteiger partial charge is 0.126 e. The summed E-state index contributed by atoms with van der Waals surface area (Å²) in [6, 6.07) is 6.71. The van der Waals surface area contributed by atoms with Crippen LogP contribution < -0.4 is 10.1 Å². The molecule has 0 aliphatic heterocycles. The number of aryl methyl sites for hydroxylation is 1. The largest absolute Gasteiger partial charge is 0.491 e. The van der Waals surface area contributed by atoms with Crippen LogP contribution in [-0.2, 0) is 11.3 Å². The molecule has 0 unspecified atom stereocenters. The van der Waals surface area contributed by atoms with Gasteiger partial charge in [0.05, 0.1) is 6.61 Å². The number of nitrogens with one attached hydrogen (secondary N) is 1. The van der Waals surface area contributed by atoms with Crippen molar-refractivity contribution in [1.82, 2.24) is 5.32 Å². The maximum Gasteiger partial charge on any atom is 0.126 e. The van der Waals surface area contributed by atoms with Crippen molar-refractivity contribution in [2.75, 3.05) is 20.3 Å². The van der Waals surface area contributed by atoms with Gasteiger partial charge in [-0.1, -0.05) is 32.0 Å². The molecule has 3 nitrogen and oxygen atoms in total. The molecule has 96 valence electrons. The fraction of sp³-hybridized carbons (Fsp3) is 0.571. The van der Waals surface area contributed by atoms with Gasteiger partial charge in [-0.15, -0.1) is 0 Å². The van der Waals surface area contributed by atoms with Crippen LogP contribution in [-0.4, -0.2) is 26.4 Å². The lowest BCUT2D eigenvalue weighted by molar-refractivity contribution is 0.145. The summed E-state index contributed by atoms with van der Waals surface area (Å²) in [5.74, 6) is 0.984. The lowest BCUT2D eigenvalue weighted by Crippen LogP contribution is -2.22. The molecular formula is C14H23NO2. The third-order valence-corrected chi connectivity index (χ3v) is 2.53. The highest BCUT2D eigenvalue weighted by molar-refractivity contribution is 5.40. The lowest BCUT2D eigenvalue weighted by Gasteiger charge is -2.15. The molecule has 0 atom stereocenters. The van der Waals surface area contributed by atoms with E-state index in [9.17, 15) is 0 Å². The van der Waals surface area contributed by atoms with E-state index in [4.69, 9.17) is 9.47 Å². The SMILES string of the molecule is COCCOc1c(C)cccc1CNC(C)C. The summed E-state index contributed by atoms with van der Waals surface area (Å²) in [6.45, 7) is 8.40. The van der Waals surface area contributed by atoms with Crippen LogP contribution in [0.3, 0.4) is 0 Å². The van der Waals surface area contributed by atoms with Gasteiger partial charge in [0, 0.05) is 25.3 Å². The molecule has 0 radical (unpaired) electrons. The number of hydrogen-bond acceptors (Lipinski definition) is 3. The standard InChI is InChI=1S/C14H23NO2/c1-11(2)15-10-13-7-5-6-12(3)14(13)17-9-8-16-4/h5-7,11,15H,8-10H2,1-4H3. The molecule has 0 aliphatic rings. The first kappa shape index (κ1) is 14.0. The fourth-order valence-corrected chi connectivity index (χ4v) is 1.60. The summed E-state index contributed by atoms with van der Waals surface area (Å²) in [5, 5.41) is 3.41. The maximum absolute atomic E-state index is 5.78. The third-order valence-electron chi connectivity index (χ3n) is 2.53.